The monoisotopic (exact) mass is 299 g/mol. The number of esters is 1. The van der Waals surface area contributed by atoms with Crippen LogP contribution in [0.4, 0.5) is 0 Å². The summed E-state index contributed by atoms with van der Waals surface area (Å²) in [5, 5.41) is 2.59. The molecule has 0 aromatic heterocycles. The van der Waals surface area contributed by atoms with E-state index < -0.39 is 12.1 Å². The van der Waals surface area contributed by atoms with Gasteiger partial charge in [0.25, 0.3) is 5.91 Å². The number of hydrogen-bond acceptors (Lipinski definition) is 3. The summed E-state index contributed by atoms with van der Waals surface area (Å²) in [6.07, 6.45) is -0.786. The van der Waals surface area contributed by atoms with E-state index in [4.69, 9.17) is 4.74 Å². The van der Waals surface area contributed by atoms with Gasteiger partial charge in [-0.2, -0.15) is 0 Å². The van der Waals surface area contributed by atoms with Gasteiger partial charge in [0.2, 0.25) is 0 Å². The first kappa shape index (κ1) is 13.7. The molecule has 1 N–H and O–H groups in total. The topological polar surface area (TPSA) is 55.4 Å². The van der Waals surface area contributed by atoms with E-state index in [9.17, 15) is 9.59 Å². The molecular weight excluding hydrogens is 286 g/mol. The van der Waals surface area contributed by atoms with Crippen LogP contribution in [0.3, 0.4) is 0 Å². The second kappa shape index (κ2) is 6.39. The van der Waals surface area contributed by atoms with Gasteiger partial charge in [0.15, 0.2) is 6.10 Å². The molecule has 1 atom stereocenters. The molecule has 0 aliphatic heterocycles. The maximum absolute atomic E-state index is 11.7. The Morgan fingerprint density at radius 1 is 1.35 bits per heavy atom. The summed E-state index contributed by atoms with van der Waals surface area (Å²) in [7, 11) is 0. The number of hydrogen-bond donors (Lipinski definition) is 1. The normalized spacial score (nSPS) is 11.7. The van der Waals surface area contributed by atoms with E-state index in [-0.39, 0.29) is 5.91 Å². The second-order valence-corrected chi connectivity index (χ2v) is 4.36. The van der Waals surface area contributed by atoms with Gasteiger partial charge in [-0.1, -0.05) is 15.9 Å². The van der Waals surface area contributed by atoms with Crippen LogP contribution in [0, 0.1) is 0 Å². The number of halogens is 1. The number of nitrogens with one attached hydrogen (secondary N) is 1. The van der Waals surface area contributed by atoms with Gasteiger partial charge in [-0.15, -0.1) is 0 Å². The first-order valence-corrected chi connectivity index (χ1v) is 6.08. The van der Waals surface area contributed by atoms with Crippen LogP contribution >= 0.6 is 15.9 Å². The summed E-state index contributed by atoms with van der Waals surface area (Å²) in [4.78, 5) is 23.0. The van der Waals surface area contributed by atoms with E-state index in [2.05, 4.69) is 21.2 Å². The zero-order valence-electron chi connectivity index (χ0n) is 9.70. The molecule has 1 rings (SSSR count). The van der Waals surface area contributed by atoms with Crippen LogP contribution in [0.1, 0.15) is 24.2 Å². The van der Waals surface area contributed by atoms with Crippen molar-refractivity contribution < 1.29 is 14.3 Å². The van der Waals surface area contributed by atoms with Crippen LogP contribution in [-0.2, 0) is 9.53 Å². The SMILES string of the molecule is CCNC(=O)[C@H](C)OC(=O)c1ccc(Br)cc1. The van der Waals surface area contributed by atoms with Crippen LogP contribution in [0.15, 0.2) is 28.7 Å². The molecule has 4 nitrogen and oxygen atoms in total. The molecule has 17 heavy (non-hydrogen) atoms. The maximum Gasteiger partial charge on any atom is 0.338 e. The molecule has 92 valence electrons. The third-order valence-electron chi connectivity index (χ3n) is 2.08. The van der Waals surface area contributed by atoms with Gasteiger partial charge in [-0.05, 0) is 38.1 Å². The molecule has 0 radical (unpaired) electrons. The summed E-state index contributed by atoms with van der Waals surface area (Å²) in [6, 6.07) is 6.76. The van der Waals surface area contributed by atoms with Gasteiger partial charge in [0.05, 0.1) is 5.56 Å². The molecule has 0 heterocycles. The van der Waals surface area contributed by atoms with Crippen molar-refractivity contribution in [2.75, 3.05) is 6.54 Å². The standard InChI is InChI=1S/C12H14BrNO3/c1-3-14-11(15)8(2)17-12(16)9-4-6-10(13)7-5-9/h4-8H,3H2,1-2H3,(H,14,15)/t8-/m0/s1. The van der Waals surface area contributed by atoms with E-state index in [0.29, 0.717) is 12.1 Å². The van der Waals surface area contributed by atoms with Crippen LogP contribution < -0.4 is 5.32 Å². The Kier molecular flexibility index (Phi) is 5.15. The molecule has 1 aromatic carbocycles. The van der Waals surface area contributed by atoms with E-state index in [1.165, 1.54) is 0 Å². The quantitative estimate of drug-likeness (QED) is 0.867. The Labute approximate surface area is 108 Å². The number of carbonyl (C=O) groups is 2. The lowest BCUT2D eigenvalue weighted by Gasteiger charge is -2.12. The summed E-state index contributed by atoms with van der Waals surface area (Å²) in [6.45, 7) is 3.86. The van der Waals surface area contributed by atoms with E-state index in [1.807, 2.05) is 0 Å². The molecule has 0 saturated carbocycles. The Morgan fingerprint density at radius 2 is 1.94 bits per heavy atom. The molecule has 0 aliphatic rings. The highest BCUT2D eigenvalue weighted by Gasteiger charge is 2.17. The smallest absolute Gasteiger partial charge is 0.338 e. The van der Waals surface area contributed by atoms with Gasteiger partial charge in [-0.25, -0.2) is 4.79 Å². The molecule has 0 bridgehead atoms. The molecule has 5 heteroatoms. The number of benzene rings is 1. The second-order valence-electron chi connectivity index (χ2n) is 3.45. The summed E-state index contributed by atoms with van der Waals surface area (Å²) in [5.41, 5.74) is 0.421. The summed E-state index contributed by atoms with van der Waals surface area (Å²) >= 11 is 3.27. The molecule has 0 spiro atoms. The first-order chi connectivity index (χ1) is 8.04. The fourth-order valence-electron chi connectivity index (χ4n) is 1.19. The van der Waals surface area contributed by atoms with Gasteiger partial charge in [-0.3, -0.25) is 4.79 Å². The number of amides is 1. The van der Waals surface area contributed by atoms with Crippen molar-refractivity contribution in [2.45, 2.75) is 20.0 Å². The van der Waals surface area contributed by atoms with Gasteiger partial charge in [0, 0.05) is 11.0 Å². The molecule has 0 saturated heterocycles. The number of rotatable bonds is 4. The Bertz CT molecular complexity index is 403. The molecule has 1 aromatic rings. The molecule has 0 unspecified atom stereocenters. The van der Waals surface area contributed by atoms with E-state index in [0.717, 1.165) is 4.47 Å². The lowest BCUT2D eigenvalue weighted by atomic mass is 10.2. The Balaban J connectivity index is 2.60. The van der Waals surface area contributed by atoms with Crippen LogP contribution in [0.25, 0.3) is 0 Å². The summed E-state index contributed by atoms with van der Waals surface area (Å²) < 4.78 is 5.90. The minimum Gasteiger partial charge on any atom is -0.449 e. The average molecular weight is 300 g/mol. The lowest BCUT2D eigenvalue weighted by molar-refractivity contribution is -0.128. The van der Waals surface area contributed by atoms with Crippen molar-refractivity contribution in [3.8, 4) is 0 Å². The first-order valence-electron chi connectivity index (χ1n) is 5.29. The van der Waals surface area contributed by atoms with Gasteiger partial charge >= 0.3 is 5.97 Å². The zero-order chi connectivity index (χ0) is 12.8. The van der Waals surface area contributed by atoms with E-state index >= 15 is 0 Å². The largest absolute Gasteiger partial charge is 0.449 e. The van der Waals surface area contributed by atoms with Crippen molar-refractivity contribution in [1.29, 1.82) is 0 Å². The average Bonchev–Trinajstić information content (AvgIpc) is 2.30. The molecule has 1 amide bonds. The van der Waals surface area contributed by atoms with Crippen molar-refractivity contribution in [2.24, 2.45) is 0 Å². The Morgan fingerprint density at radius 3 is 2.47 bits per heavy atom. The highest BCUT2D eigenvalue weighted by Crippen LogP contribution is 2.11. The van der Waals surface area contributed by atoms with Crippen LogP contribution in [-0.4, -0.2) is 24.5 Å². The lowest BCUT2D eigenvalue weighted by Crippen LogP contribution is -2.35. The third-order valence-corrected chi connectivity index (χ3v) is 2.61. The van der Waals surface area contributed by atoms with Crippen molar-refractivity contribution in [3.05, 3.63) is 34.3 Å². The number of ether oxygens (including phenoxy) is 1. The van der Waals surface area contributed by atoms with Crippen molar-refractivity contribution >= 4 is 27.8 Å². The Hall–Kier alpha value is -1.36. The highest BCUT2D eigenvalue weighted by atomic mass is 79.9. The summed E-state index contributed by atoms with van der Waals surface area (Å²) in [5.74, 6) is -0.797. The fraction of sp³-hybridized carbons (Fsp3) is 0.333. The zero-order valence-corrected chi connectivity index (χ0v) is 11.3. The molecular formula is C12H14BrNO3. The van der Waals surface area contributed by atoms with Crippen LogP contribution in [0.2, 0.25) is 0 Å². The number of likely N-dealkylation sites (N-methyl/N-ethyl adjacent to an activating group) is 1. The minimum atomic E-state index is -0.786. The minimum absolute atomic E-state index is 0.294. The van der Waals surface area contributed by atoms with Crippen molar-refractivity contribution in [3.63, 3.8) is 0 Å². The molecule has 0 fully saturated rings. The van der Waals surface area contributed by atoms with Crippen molar-refractivity contribution in [1.82, 2.24) is 5.32 Å². The predicted molar refractivity (Wildman–Crippen MR) is 67.7 cm³/mol. The maximum atomic E-state index is 11.7. The molecule has 0 aliphatic carbocycles. The predicted octanol–water partition coefficient (Wildman–Crippen LogP) is 2.13. The fourth-order valence-corrected chi connectivity index (χ4v) is 1.45. The highest BCUT2D eigenvalue weighted by molar-refractivity contribution is 9.10. The van der Waals surface area contributed by atoms with Crippen LogP contribution in [0.5, 0.6) is 0 Å². The third kappa shape index (κ3) is 4.19. The van der Waals surface area contributed by atoms with E-state index in [1.54, 1.807) is 38.1 Å². The number of carbonyl (C=O) groups excluding carboxylic acids is 2. The van der Waals surface area contributed by atoms with Gasteiger partial charge in [0.1, 0.15) is 0 Å². The van der Waals surface area contributed by atoms with Gasteiger partial charge < -0.3 is 10.1 Å².